The van der Waals surface area contributed by atoms with Crippen LogP contribution < -0.4 is 0 Å². The van der Waals surface area contributed by atoms with Crippen LogP contribution in [-0.2, 0) is 0 Å². The molecule has 0 aliphatic carbocycles. The zero-order chi connectivity index (χ0) is 11.8. The predicted molar refractivity (Wildman–Crippen MR) is 69.7 cm³/mol. The van der Waals surface area contributed by atoms with Gasteiger partial charge in [0.05, 0.1) is 0 Å². The van der Waals surface area contributed by atoms with Crippen molar-refractivity contribution in [2.45, 2.75) is 39.2 Å². The molecule has 1 nitrogen and oxygen atoms in total. The first-order valence-corrected chi connectivity index (χ1v) is 6.23. The molecule has 0 amide bonds. The fraction of sp³-hybridized carbons (Fsp3) is 0.600. The third-order valence-electron chi connectivity index (χ3n) is 3.82. The molecule has 1 aromatic carbocycles. The van der Waals surface area contributed by atoms with Crippen LogP contribution in [0.25, 0.3) is 0 Å². The predicted octanol–water partition coefficient (Wildman–Crippen LogP) is 3.52. The molecule has 0 aromatic heterocycles. The summed E-state index contributed by atoms with van der Waals surface area (Å²) < 4.78 is 0. The van der Waals surface area contributed by atoms with E-state index in [0.717, 1.165) is 5.92 Å². The maximum Gasteiger partial charge on any atom is 0.0147 e. The van der Waals surface area contributed by atoms with Crippen LogP contribution in [0.4, 0.5) is 0 Å². The molecule has 1 heteroatoms. The second-order valence-corrected chi connectivity index (χ2v) is 6.16. The van der Waals surface area contributed by atoms with Crippen molar-refractivity contribution in [3.63, 3.8) is 0 Å². The molecule has 1 fully saturated rings. The van der Waals surface area contributed by atoms with Crippen LogP contribution in [0.15, 0.2) is 30.3 Å². The first-order valence-electron chi connectivity index (χ1n) is 6.23. The number of nitrogens with zero attached hydrogens (tertiary/aromatic N) is 1. The quantitative estimate of drug-likeness (QED) is 0.695. The van der Waals surface area contributed by atoms with Gasteiger partial charge in [0, 0.05) is 12.6 Å². The summed E-state index contributed by atoms with van der Waals surface area (Å²) in [5.74, 6) is 0.718. The highest BCUT2D eigenvalue weighted by atomic mass is 15.2. The Morgan fingerprint density at radius 1 is 1.12 bits per heavy atom. The number of hydrogen-bond donors (Lipinski definition) is 0. The average molecular weight is 217 g/mol. The van der Waals surface area contributed by atoms with Crippen molar-refractivity contribution in [3.8, 4) is 0 Å². The minimum Gasteiger partial charge on any atom is -0.302 e. The minimum atomic E-state index is 0.387. The summed E-state index contributed by atoms with van der Waals surface area (Å²) in [6.07, 6.45) is 1.30. The zero-order valence-corrected chi connectivity index (χ0v) is 10.9. The monoisotopic (exact) mass is 217 g/mol. The molecule has 2 atom stereocenters. The lowest BCUT2D eigenvalue weighted by Crippen LogP contribution is -2.36. The van der Waals surface area contributed by atoms with Crippen LogP contribution in [0.5, 0.6) is 0 Å². The molecule has 0 spiro atoms. The molecule has 0 unspecified atom stereocenters. The first kappa shape index (κ1) is 11.7. The molecule has 0 N–H and O–H groups in total. The van der Waals surface area contributed by atoms with Gasteiger partial charge in [-0.05, 0) is 30.4 Å². The first-order chi connectivity index (χ1) is 7.48. The largest absolute Gasteiger partial charge is 0.302 e. The summed E-state index contributed by atoms with van der Waals surface area (Å²) in [5, 5.41) is 0. The van der Waals surface area contributed by atoms with Crippen LogP contribution in [-0.4, -0.2) is 24.5 Å². The standard InChI is InChI=1S/C15H23N/c1-15(2,3)14-10-13(11-16(14)4)12-8-6-5-7-9-12/h5-9,13-14H,10-11H2,1-4H3/t13-,14-/m0/s1. The smallest absolute Gasteiger partial charge is 0.0147 e. The van der Waals surface area contributed by atoms with Crippen LogP contribution >= 0.6 is 0 Å². The summed E-state index contributed by atoms with van der Waals surface area (Å²) in [6.45, 7) is 8.25. The Balaban J connectivity index is 2.13. The van der Waals surface area contributed by atoms with E-state index in [1.165, 1.54) is 18.5 Å². The van der Waals surface area contributed by atoms with Crippen molar-refractivity contribution in [2.24, 2.45) is 5.41 Å². The highest BCUT2D eigenvalue weighted by Gasteiger charge is 2.37. The molecule has 0 bridgehead atoms. The lowest BCUT2D eigenvalue weighted by atomic mass is 9.83. The van der Waals surface area contributed by atoms with E-state index in [4.69, 9.17) is 0 Å². The molecule has 1 saturated heterocycles. The number of likely N-dealkylation sites (tertiary alicyclic amines) is 1. The summed E-state index contributed by atoms with van der Waals surface area (Å²) in [7, 11) is 2.26. The SMILES string of the molecule is CN1C[C@@H](c2ccccc2)C[C@H]1C(C)(C)C. The Bertz CT molecular complexity index is 336. The number of likely N-dealkylation sites (N-methyl/N-ethyl adjacent to an activating group) is 1. The summed E-state index contributed by atoms with van der Waals surface area (Å²) in [6, 6.07) is 11.6. The number of hydrogen-bond acceptors (Lipinski definition) is 1. The third-order valence-corrected chi connectivity index (χ3v) is 3.82. The molecule has 1 aliphatic rings. The van der Waals surface area contributed by atoms with Crippen molar-refractivity contribution in [3.05, 3.63) is 35.9 Å². The average Bonchev–Trinajstić information content (AvgIpc) is 2.61. The Labute approximate surface area is 99.5 Å². The van der Waals surface area contributed by atoms with E-state index >= 15 is 0 Å². The normalized spacial score (nSPS) is 27.2. The van der Waals surface area contributed by atoms with Crippen molar-refractivity contribution >= 4 is 0 Å². The van der Waals surface area contributed by atoms with Crippen molar-refractivity contribution in [1.29, 1.82) is 0 Å². The van der Waals surface area contributed by atoms with Crippen LogP contribution in [0.2, 0.25) is 0 Å². The lowest BCUT2D eigenvalue weighted by Gasteiger charge is -2.32. The van der Waals surface area contributed by atoms with Gasteiger partial charge in [-0.1, -0.05) is 51.1 Å². The Morgan fingerprint density at radius 3 is 2.25 bits per heavy atom. The van der Waals surface area contributed by atoms with Gasteiger partial charge in [-0.25, -0.2) is 0 Å². The summed E-state index contributed by atoms with van der Waals surface area (Å²) in [4.78, 5) is 2.53. The maximum atomic E-state index is 2.53. The Kier molecular flexibility index (Phi) is 3.07. The van der Waals surface area contributed by atoms with Crippen LogP contribution in [0.3, 0.4) is 0 Å². The molecule has 0 radical (unpaired) electrons. The molecule has 88 valence electrons. The second kappa shape index (κ2) is 4.21. The van der Waals surface area contributed by atoms with Crippen LogP contribution in [0, 0.1) is 5.41 Å². The van der Waals surface area contributed by atoms with Gasteiger partial charge >= 0.3 is 0 Å². The van der Waals surface area contributed by atoms with Gasteiger partial charge in [-0.3, -0.25) is 0 Å². The van der Waals surface area contributed by atoms with Crippen molar-refractivity contribution in [2.75, 3.05) is 13.6 Å². The molecule has 0 saturated carbocycles. The van der Waals surface area contributed by atoms with Gasteiger partial charge < -0.3 is 4.90 Å². The van der Waals surface area contributed by atoms with Gasteiger partial charge in [0.1, 0.15) is 0 Å². The van der Waals surface area contributed by atoms with E-state index in [2.05, 4.69) is 63.1 Å². The van der Waals surface area contributed by atoms with Gasteiger partial charge in [0.2, 0.25) is 0 Å². The zero-order valence-electron chi connectivity index (χ0n) is 10.9. The van der Waals surface area contributed by atoms with E-state index < -0.39 is 0 Å². The van der Waals surface area contributed by atoms with Gasteiger partial charge in [0.15, 0.2) is 0 Å². The molecule has 1 aliphatic heterocycles. The summed E-state index contributed by atoms with van der Waals surface area (Å²) >= 11 is 0. The van der Waals surface area contributed by atoms with E-state index in [1.54, 1.807) is 0 Å². The van der Waals surface area contributed by atoms with E-state index in [0.29, 0.717) is 11.5 Å². The van der Waals surface area contributed by atoms with E-state index in [9.17, 15) is 0 Å². The highest BCUT2D eigenvalue weighted by molar-refractivity contribution is 5.22. The van der Waals surface area contributed by atoms with E-state index in [-0.39, 0.29) is 0 Å². The number of rotatable bonds is 1. The minimum absolute atomic E-state index is 0.387. The highest BCUT2D eigenvalue weighted by Crippen LogP contribution is 2.38. The van der Waals surface area contributed by atoms with Crippen molar-refractivity contribution in [1.82, 2.24) is 4.90 Å². The van der Waals surface area contributed by atoms with Crippen molar-refractivity contribution < 1.29 is 0 Å². The Morgan fingerprint density at radius 2 is 1.75 bits per heavy atom. The fourth-order valence-corrected chi connectivity index (χ4v) is 2.98. The molecular formula is C15H23N. The Hall–Kier alpha value is -0.820. The summed E-state index contributed by atoms with van der Waals surface area (Å²) in [5.41, 5.74) is 1.89. The molecule has 2 rings (SSSR count). The molecule has 16 heavy (non-hydrogen) atoms. The van der Waals surface area contributed by atoms with Crippen LogP contribution in [0.1, 0.15) is 38.7 Å². The van der Waals surface area contributed by atoms with Gasteiger partial charge in [-0.15, -0.1) is 0 Å². The fourth-order valence-electron chi connectivity index (χ4n) is 2.98. The van der Waals surface area contributed by atoms with E-state index in [1.807, 2.05) is 0 Å². The molecule has 1 heterocycles. The number of benzene rings is 1. The van der Waals surface area contributed by atoms with Gasteiger partial charge in [0.25, 0.3) is 0 Å². The van der Waals surface area contributed by atoms with Gasteiger partial charge in [-0.2, -0.15) is 0 Å². The maximum absolute atomic E-state index is 2.53. The second-order valence-electron chi connectivity index (χ2n) is 6.16. The topological polar surface area (TPSA) is 3.24 Å². The molecular weight excluding hydrogens is 194 g/mol. The lowest BCUT2D eigenvalue weighted by molar-refractivity contribution is 0.169. The molecule has 1 aromatic rings. The third kappa shape index (κ3) is 2.30.